The van der Waals surface area contributed by atoms with Gasteiger partial charge in [0, 0.05) is 23.8 Å². The number of para-hydroxylation sites is 1. The maximum absolute atomic E-state index is 8.97. The first-order valence-electron chi connectivity index (χ1n) is 7.84. The SMILES string of the molecule is N#Cc1ccc([C@@H]2Nc3ccccc3[C@@H]3OCCC[C@H]23)cc1. The Bertz CT molecular complexity index is 717. The highest BCUT2D eigenvalue weighted by molar-refractivity contribution is 5.57. The third kappa shape index (κ3) is 2.17. The number of rotatable bonds is 1. The van der Waals surface area contributed by atoms with Crippen LogP contribution in [0, 0.1) is 17.2 Å². The highest BCUT2D eigenvalue weighted by Crippen LogP contribution is 2.48. The first-order valence-corrected chi connectivity index (χ1v) is 7.84. The summed E-state index contributed by atoms with van der Waals surface area (Å²) in [5, 5.41) is 12.7. The van der Waals surface area contributed by atoms with Crippen molar-refractivity contribution < 1.29 is 4.74 Å². The first kappa shape index (κ1) is 13.4. The average Bonchev–Trinajstić information content (AvgIpc) is 2.61. The van der Waals surface area contributed by atoms with Crippen LogP contribution in [-0.4, -0.2) is 6.61 Å². The number of nitrogens with zero attached hydrogens (tertiary/aromatic N) is 1. The van der Waals surface area contributed by atoms with E-state index >= 15 is 0 Å². The fraction of sp³-hybridized carbons (Fsp3) is 0.316. The van der Waals surface area contributed by atoms with E-state index in [4.69, 9.17) is 10.00 Å². The molecule has 0 amide bonds. The van der Waals surface area contributed by atoms with Gasteiger partial charge in [-0.25, -0.2) is 0 Å². The zero-order valence-electron chi connectivity index (χ0n) is 12.3. The van der Waals surface area contributed by atoms with E-state index in [1.807, 2.05) is 12.1 Å². The lowest BCUT2D eigenvalue weighted by molar-refractivity contribution is -0.0381. The Morgan fingerprint density at radius 1 is 1.09 bits per heavy atom. The monoisotopic (exact) mass is 290 g/mol. The van der Waals surface area contributed by atoms with Crippen LogP contribution in [0.15, 0.2) is 48.5 Å². The van der Waals surface area contributed by atoms with E-state index in [1.54, 1.807) is 0 Å². The largest absolute Gasteiger partial charge is 0.378 e. The normalized spacial score (nSPS) is 26.2. The number of anilines is 1. The molecule has 0 radical (unpaired) electrons. The van der Waals surface area contributed by atoms with Crippen LogP contribution in [-0.2, 0) is 4.74 Å². The van der Waals surface area contributed by atoms with Crippen molar-refractivity contribution in [1.29, 1.82) is 5.26 Å². The van der Waals surface area contributed by atoms with Gasteiger partial charge in [-0.2, -0.15) is 5.26 Å². The Morgan fingerprint density at radius 2 is 1.91 bits per heavy atom. The minimum atomic E-state index is 0.173. The molecule has 3 nitrogen and oxygen atoms in total. The molecule has 0 aliphatic carbocycles. The number of hydrogen-bond acceptors (Lipinski definition) is 3. The molecule has 0 spiro atoms. The van der Waals surface area contributed by atoms with Crippen LogP contribution >= 0.6 is 0 Å². The van der Waals surface area contributed by atoms with Gasteiger partial charge in [-0.1, -0.05) is 30.3 Å². The molecule has 0 bridgehead atoms. The molecule has 2 aromatic rings. The Labute approximate surface area is 130 Å². The molecule has 0 aromatic heterocycles. The highest BCUT2D eigenvalue weighted by atomic mass is 16.5. The number of fused-ring (bicyclic) bond motifs is 3. The molecule has 2 aromatic carbocycles. The summed E-state index contributed by atoms with van der Waals surface area (Å²) in [7, 11) is 0. The van der Waals surface area contributed by atoms with Crippen molar-refractivity contribution in [2.24, 2.45) is 5.92 Å². The molecule has 1 saturated heterocycles. The molecule has 0 saturated carbocycles. The second kappa shape index (κ2) is 5.47. The number of nitriles is 1. The molecule has 1 N–H and O–H groups in total. The molecule has 1 fully saturated rings. The lowest BCUT2D eigenvalue weighted by atomic mass is 9.77. The summed E-state index contributed by atoms with van der Waals surface area (Å²) in [6.07, 6.45) is 2.45. The summed E-state index contributed by atoms with van der Waals surface area (Å²) in [4.78, 5) is 0. The van der Waals surface area contributed by atoms with Gasteiger partial charge in [-0.15, -0.1) is 0 Å². The van der Waals surface area contributed by atoms with Crippen molar-refractivity contribution in [3.8, 4) is 6.07 Å². The van der Waals surface area contributed by atoms with Crippen LogP contribution < -0.4 is 5.32 Å². The van der Waals surface area contributed by atoms with Crippen molar-refractivity contribution in [1.82, 2.24) is 0 Å². The standard InChI is InChI=1S/C19H18N2O/c20-12-13-7-9-14(10-8-13)18-16-5-3-11-22-19(16)15-4-1-2-6-17(15)21-18/h1-2,4,6-10,16,18-19,21H,3,5,11H2/t16-,18+,19+/m1/s1. The maximum Gasteiger partial charge on any atom is 0.0991 e. The molecule has 3 heteroatoms. The van der Waals surface area contributed by atoms with Crippen molar-refractivity contribution in [3.63, 3.8) is 0 Å². The van der Waals surface area contributed by atoms with Gasteiger partial charge >= 0.3 is 0 Å². The fourth-order valence-corrected chi connectivity index (χ4v) is 3.71. The van der Waals surface area contributed by atoms with Gasteiger partial charge in [0.1, 0.15) is 0 Å². The van der Waals surface area contributed by atoms with E-state index in [1.165, 1.54) is 16.8 Å². The van der Waals surface area contributed by atoms with Gasteiger partial charge in [0.15, 0.2) is 0 Å². The van der Waals surface area contributed by atoms with Gasteiger partial charge < -0.3 is 10.1 Å². The minimum absolute atomic E-state index is 0.173. The predicted octanol–water partition coefficient (Wildman–Crippen LogP) is 4.19. The van der Waals surface area contributed by atoms with Gasteiger partial charge in [-0.05, 0) is 36.6 Å². The smallest absolute Gasteiger partial charge is 0.0991 e. The van der Waals surface area contributed by atoms with E-state index in [0.29, 0.717) is 11.5 Å². The number of hydrogen-bond donors (Lipinski definition) is 1. The van der Waals surface area contributed by atoms with E-state index in [2.05, 4.69) is 47.8 Å². The van der Waals surface area contributed by atoms with Crippen molar-refractivity contribution >= 4 is 5.69 Å². The Balaban J connectivity index is 1.74. The summed E-state index contributed by atoms with van der Waals surface area (Å²) in [6, 6.07) is 18.8. The van der Waals surface area contributed by atoms with E-state index in [0.717, 1.165) is 19.4 Å². The second-order valence-corrected chi connectivity index (χ2v) is 6.04. The second-order valence-electron chi connectivity index (χ2n) is 6.04. The number of nitrogens with one attached hydrogen (secondary N) is 1. The topological polar surface area (TPSA) is 45.0 Å². The zero-order valence-corrected chi connectivity index (χ0v) is 12.3. The minimum Gasteiger partial charge on any atom is -0.378 e. The van der Waals surface area contributed by atoms with Gasteiger partial charge in [0.2, 0.25) is 0 Å². The molecule has 2 aliphatic heterocycles. The molecular formula is C19H18N2O. The van der Waals surface area contributed by atoms with Crippen molar-refractivity contribution in [2.45, 2.75) is 25.0 Å². The molecular weight excluding hydrogens is 272 g/mol. The third-order valence-electron chi connectivity index (χ3n) is 4.77. The van der Waals surface area contributed by atoms with Crippen molar-refractivity contribution in [2.75, 3.05) is 11.9 Å². The summed E-state index contributed by atoms with van der Waals surface area (Å²) in [5.74, 6) is 0.441. The van der Waals surface area contributed by atoms with E-state index < -0.39 is 0 Å². The summed E-state index contributed by atoms with van der Waals surface area (Å²) in [5.41, 5.74) is 4.38. The van der Waals surface area contributed by atoms with Crippen LogP contribution in [0.5, 0.6) is 0 Å². The highest BCUT2D eigenvalue weighted by Gasteiger charge is 2.39. The van der Waals surface area contributed by atoms with E-state index in [9.17, 15) is 0 Å². The number of benzene rings is 2. The predicted molar refractivity (Wildman–Crippen MR) is 85.4 cm³/mol. The molecule has 2 heterocycles. The van der Waals surface area contributed by atoms with Crippen LogP contribution in [0.3, 0.4) is 0 Å². The summed E-state index contributed by atoms with van der Waals surface area (Å²) >= 11 is 0. The van der Waals surface area contributed by atoms with Gasteiger partial charge in [0.05, 0.1) is 23.8 Å². The Morgan fingerprint density at radius 3 is 2.73 bits per heavy atom. The summed E-state index contributed by atoms with van der Waals surface area (Å²) in [6.45, 7) is 0.843. The third-order valence-corrected chi connectivity index (χ3v) is 4.77. The lowest BCUT2D eigenvalue weighted by Crippen LogP contribution is -2.35. The van der Waals surface area contributed by atoms with E-state index in [-0.39, 0.29) is 12.1 Å². The number of ether oxygens (including phenoxy) is 1. The molecule has 3 atom stereocenters. The van der Waals surface area contributed by atoms with Gasteiger partial charge in [0.25, 0.3) is 0 Å². The van der Waals surface area contributed by atoms with Crippen LogP contribution in [0.2, 0.25) is 0 Å². The quantitative estimate of drug-likeness (QED) is 0.856. The molecule has 4 rings (SSSR count). The molecule has 110 valence electrons. The summed E-state index contributed by atoms with van der Waals surface area (Å²) < 4.78 is 6.11. The lowest BCUT2D eigenvalue weighted by Gasteiger charge is -2.43. The molecule has 0 unspecified atom stereocenters. The van der Waals surface area contributed by atoms with Crippen LogP contribution in [0.4, 0.5) is 5.69 Å². The van der Waals surface area contributed by atoms with Crippen LogP contribution in [0.25, 0.3) is 0 Å². The van der Waals surface area contributed by atoms with Gasteiger partial charge in [-0.3, -0.25) is 0 Å². The first-order chi connectivity index (χ1) is 10.9. The Kier molecular flexibility index (Phi) is 3.32. The van der Waals surface area contributed by atoms with Crippen molar-refractivity contribution in [3.05, 3.63) is 65.2 Å². The van der Waals surface area contributed by atoms with Crippen LogP contribution in [0.1, 0.15) is 41.7 Å². The molecule has 22 heavy (non-hydrogen) atoms. The average molecular weight is 290 g/mol. The Hall–Kier alpha value is -2.31. The maximum atomic E-state index is 8.97. The fourth-order valence-electron chi connectivity index (χ4n) is 3.71. The zero-order chi connectivity index (χ0) is 14.9. The molecule has 2 aliphatic rings.